The lowest BCUT2D eigenvalue weighted by Crippen LogP contribution is -2.27. The number of nitrogens with zero attached hydrogens (tertiary/aromatic N) is 1. The molecule has 3 nitrogen and oxygen atoms in total. The molecule has 1 N–H and O–H groups in total. The van der Waals surface area contributed by atoms with Crippen molar-refractivity contribution in [3.63, 3.8) is 0 Å². The topological polar surface area (TPSA) is 52.9 Å². The first-order valence-corrected chi connectivity index (χ1v) is 4.46. The van der Waals surface area contributed by atoms with Gasteiger partial charge in [0.1, 0.15) is 0 Å². The standard InChI is InChI=1S/C8H13ClN2O/c1-7(5-10)6-11-8(12)3-2-4-9/h7H,2-4,6H2,1H3,(H,11,12). The van der Waals surface area contributed by atoms with E-state index < -0.39 is 0 Å². The zero-order valence-electron chi connectivity index (χ0n) is 7.14. The Morgan fingerprint density at radius 1 is 1.75 bits per heavy atom. The molecule has 0 aliphatic heterocycles. The normalized spacial score (nSPS) is 11.8. The Labute approximate surface area is 77.7 Å². The molecule has 1 atom stereocenters. The van der Waals surface area contributed by atoms with E-state index in [1.807, 2.05) is 6.07 Å². The van der Waals surface area contributed by atoms with Crippen LogP contribution in [0.15, 0.2) is 0 Å². The van der Waals surface area contributed by atoms with Crippen molar-refractivity contribution in [3.05, 3.63) is 0 Å². The van der Waals surface area contributed by atoms with Crippen molar-refractivity contribution in [2.45, 2.75) is 19.8 Å². The highest BCUT2D eigenvalue weighted by molar-refractivity contribution is 6.17. The molecule has 0 bridgehead atoms. The predicted octanol–water partition coefficient (Wildman–Crippen LogP) is 1.28. The van der Waals surface area contributed by atoms with Gasteiger partial charge >= 0.3 is 0 Å². The van der Waals surface area contributed by atoms with Gasteiger partial charge in [0.05, 0.1) is 12.0 Å². The monoisotopic (exact) mass is 188 g/mol. The fourth-order valence-electron chi connectivity index (χ4n) is 0.628. The highest BCUT2D eigenvalue weighted by Gasteiger charge is 2.02. The number of hydrogen-bond acceptors (Lipinski definition) is 2. The summed E-state index contributed by atoms with van der Waals surface area (Å²) in [4.78, 5) is 10.9. The molecule has 0 rings (SSSR count). The van der Waals surface area contributed by atoms with Crippen molar-refractivity contribution in [1.29, 1.82) is 5.26 Å². The van der Waals surface area contributed by atoms with Gasteiger partial charge in [0, 0.05) is 18.8 Å². The first kappa shape index (κ1) is 11.2. The van der Waals surface area contributed by atoms with E-state index in [0.29, 0.717) is 25.3 Å². The van der Waals surface area contributed by atoms with Crippen LogP contribution in [-0.4, -0.2) is 18.3 Å². The molecule has 0 aromatic carbocycles. The lowest BCUT2D eigenvalue weighted by atomic mass is 10.2. The average molecular weight is 189 g/mol. The number of halogens is 1. The van der Waals surface area contributed by atoms with Crippen molar-refractivity contribution in [2.24, 2.45) is 5.92 Å². The highest BCUT2D eigenvalue weighted by Crippen LogP contribution is 1.93. The number of carbonyl (C=O) groups is 1. The molecule has 68 valence electrons. The average Bonchev–Trinajstić information content (AvgIpc) is 2.10. The molecule has 0 spiro atoms. The number of rotatable bonds is 5. The number of amides is 1. The summed E-state index contributed by atoms with van der Waals surface area (Å²) in [6, 6.07) is 2.04. The van der Waals surface area contributed by atoms with Gasteiger partial charge < -0.3 is 5.32 Å². The van der Waals surface area contributed by atoms with Gasteiger partial charge in [-0.3, -0.25) is 4.79 Å². The minimum absolute atomic E-state index is 0.0299. The molecule has 0 saturated carbocycles. The third-order valence-corrected chi connectivity index (χ3v) is 1.63. The van der Waals surface area contributed by atoms with E-state index in [1.165, 1.54) is 0 Å². The maximum atomic E-state index is 10.9. The van der Waals surface area contributed by atoms with Crippen molar-refractivity contribution in [1.82, 2.24) is 5.32 Å². The smallest absolute Gasteiger partial charge is 0.220 e. The zero-order chi connectivity index (χ0) is 9.40. The van der Waals surface area contributed by atoms with Crippen LogP contribution < -0.4 is 5.32 Å². The predicted molar refractivity (Wildman–Crippen MR) is 47.7 cm³/mol. The van der Waals surface area contributed by atoms with Crippen molar-refractivity contribution >= 4 is 17.5 Å². The fourth-order valence-corrected chi connectivity index (χ4v) is 0.762. The van der Waals surface area contributed by atoms with Crippen LogP contribution in [0, 0.1) is 17.2 Å². The second-order valence-electron chi connectivity index (χ2n) is 2.63. The first-order valence-electron chi connectivity index (χ1n) is 3.93. The van der Waals surface area contributed by atoms with E-state index in [0.717, 1.165) is 0 Å². The molecule has 4 heteroatoms. The molecular formula is C8H13ClN2O. The summed E-state index contributed by atoms with van der Waals surface area (Å²) in [7, 11) is 0. The molecule has 0 heterocycles. The third-order valence-electron chi connectivity index (χ3n) is 1.36. The molecule has 0 aromatic rings. The molecule has 0 aliphatic rings. The maximum absolute atomic E-state index is 10.9. The van der Waals surface area contributed by atoms with Crippen LogP contribution in [0.25, 0.3) is 0 Å². The summed E-state index contributed by atoms with van der Waals surface area (Å²) >= 11 is 5.40. The Bertz CT molecular complexity index is 176. The van der Waals surface area contributed by atoms with E-state index in [9.17, 15) is 4.79 Å². The van der Waals surface area contributed by atoms with Gasteiger partial charge in [-0.05, 0) is 13.3 Å². The Balaban J connectivity index is 3.39. The van der Waals surface area contributed by atoms with Gasteiger partial charge in [0.15, 0.2) is 0 Å². The number of carbonyl (C=O) groups excluding carboxylic acids is 1. The summed E-state index contributed by atoms with van der Waals surface area (Å²) in [5, 5.41) is 11.0. The second kappa shape index (κ2) is 6.93. The fraction of sp³-hybridized carbons (Fsp3) is 0.750. The van der Waals surface area contributed by atoms with E-state index in [2.05, 4.69) is 5.32 Å². The second-order valence-corrected chi connectivity index (χ2v) is 3.00. The molecule has 0 aliphatic carbocycles. The van der Waals surface area contributed by atoms with Gasteiger partial charge in [-0.2, -0.15) is 5.26 Å². The van der Waals surface area contributed by atoms with Gasteiger partial charge in [-0.15, -0.1) is 11.6 Å². The summed E-state index contributed by atoms with van der Waals surface area (Å²) < 4.78 is 0. The maximum Gasteiger partial charge on any atom is 0.220 e. The molecule has 0 aromatic heterocycles. The zero-order valence-corrected chi connectivity index (χ0v) is 7.90. The van der Waals surface area contributed by atoms with Crippen LogP contribution >= 0.6 is 11.6 Å². The van der Waals surface area contributed by atoms with Gasteiger partial charge in [-0.1, -0.05) is 0 Å². The quantitative estimate of drug-likeness (QED) is 0.661. The van der Waals surface area contributed by atoms with Crippen molar-refractivity contribution in [2.75, 3.05) is 12.4 Å². The Morgan fingerprint density at radius 3 is 2.92 bits per heavy atom. The van der Waals surface area contributed by atoms with Crippen LogP contribution in [0.5, 0.6) is 0 Å². The van der Waals surface area contributed by atoms with Gasteiger partial charge in [0.25, 0.3) is 0 Å². The third kappa shape index (κ3) is 5.99. The molecule has 0 radical (unpaired) electrons. The summed E-state index contributed by atoms with van der Waals surface area (Å²) in [6.45, 7) is 2.19. The molecule has 0 saturated heterocycles. The summed E-state index contributed by atoms with van der Waals surface area (Å²) in [6.07, 6.45) is 1.13. The number of hydrogen-bond donors (Lipinski definition) is 1. The molecule has 1 unspecified atom stereocenters. The Morgan fingerprint density at radius 2 is 2.42 bits per heavy atom. The van der Waals surface area contributed by atoms with Crippen LogP contribution in [-0.2, 0) is 4.79 Å². The molecule has 1 amide bonds. The number of alkyl halides is 1. The Hall–Kier alpha value is -0.750. The lowest BCUT2D eigenvalue weighted by molar-refractivity contribution is -0.121. The Kier molecular flexibility index (Phi) is 6.50. The SMILES string of the molecule is CC(C#N)CNC(=O)CCCCl. The minimum atomic E-state index is -0.120. The van der Waals surface area contributed by atoms with Gasteiger partial charge in [-0.25, -0.2) is 0 Å². The molecule has 12 heavy (non-hydrogen) atoms. The van der Waals surface area contributed by atoms with E-state index in [-0.39, 0.29) is 11.8 Å². The summed E-state index contributed by atoms with van der Waals surface area (Å²) in [5.41, 5.74) is 0. The number of nitrogens with one attached hydrogen (secondary N) is 1. The summed E-state index contributed by atoms with van der Waals surface area (Å²) in [5.74, 6) is 0.351. The minimum Gasteiger partial charge on any atom is -0.355 e. The largest absolute Gasteiger partial charge is 0.355 e. The number of nitriles is 1. The van der Waals surface area contributed by atoms with Crippen LogP contribution in [0.1, 0.15) is 19.8 Å². The van der Waals surface area contributed by atoms with E-state index >= 15 is 0 Å². The van der Waals surface area contributed by atoms with Crippen LogP contribution in [0.3, 0.4) is 0 Å². The van der Waals surface area contributed by atoms with Crippen molar-refractivity contribution in [3.8, 4) is 6.07 Å². The molecular weight excluding hydrogens is 176 g/mol. The van der Waals surface area contributed by atoms with Crippen LogP contribution in [0.2, 0.25) is 0 Å². The highest BCUT2D eigenvalue weighted by atomic mass is 35.5. The molecule has 0 fully saturated rings. The lowest BCUT2D eigenvalue weighted by Gasteiger charge is -2.04. The van der Waals surface area contributed by atoms with E-state index in [4.69, 9.17) is 16.9 Å². The van der Waals surface area contributed by atoms with Gasteiger partial charge in [0.2, 0.25) is 5.91 Å². The van der Waals surface area contributed by atoms with Crippen LogP contribution in [0.4, 0.5) is 0 Å². The van der Waals surface area contributed by atoms with Crippen molar-refractivity contribution < 1.29 is 4.79 Å². The van der Waals surface area contributed by atoms with E-state index in [1.54, 1.807) is 6.92 Å². The first-order chi connectivity index (χ1) is 5.70.